The Kier molecular flexibility index (Phi) is 3.98. The Labute approximate surface area is 85.3 Å². The minimum Gasteiger partial charge on any atom is -0.359 e. The van der Waals surface area contributed by atoms with Gasteiger partial charge in [0.1, 0.15) is 0 Å². The maximum Gasteiger partial charge on any atom is 0.191 e. The molecule has 0 saturated heterocycles. The summed E-state index contributed by atoms with van der Waals surface area (Å²) in [5.41, 5.74) is 2.50. The van der Waals surface area contributed by atoms with Crippen molar-refractivity contribution in [3.05, 3.63) is 35.4 Å². The molecule has 3 nitrogen and oxygen atoms in total. The first-order valence-corrected chi connectivity index (χ1v) is 4.71. The van der Waals surface area contributed by atoms with Crippen molar-refractivity contribution < 1.29 is 0 Å². The SMILES string of the molecule is CNC(=NCc1cccc(C)c1)NC. The largest absolute Gasteiger partial charge is 0.359 e. The number of benzene rings is 1. The van der Waals surface area contributed by atoms with Gasteiger partial charge in [0.2, 0.25) is 0 Å². The molecule has 0 aliphatic heterocycles. The number of aliphatic imine (C=N–C) groups is 1. The Morgan fingerprint density at radius 1 is 1.29 bits per heavy atom. The van der Waals surface area contributed by atoms with Crippen LogP contribution in [0.5, 0.6) is 0 Å². The maximum absolute atomic E-state index is 4.37. The predicted octanol–water partition coefficient (Wildman–Crippen LogP) is 1.29. The van der Waals surface area contributed by atoms with Gasteiger partial charge in [-0.15, -0.1) is 0 Å². The molecule has 1 aromatic rings. The molecular weight excluding hydrogens is 174 g/mol. The maximum atomic E-state index is 4.37. The molecule has 0 aromatic heterocycles. The Morgan fingerprint density at radius 3 is 2.57 bits per heavy atom. The smallest absolute Gasteiger partial charge is 0.191 e. The fraction of sp³-hybridized carbons (Fsp3) is 0.364. The standard InChI is InChI=1S/C11H17N3/c1-9-5-4-6-10(7-9)8-14-11(12-2)13-3/h4-7H,8H2,1-3H3,(H2,12,13,14). The summed E-state index contributed by atoms with van der Waals surface area (Å²) in [6.07, 6.45) is 0. The Hall–Kier alpha value is -1.51. The molecule has 76 valence electrons. The molecule has 0 saturated carbocycles. The van der Waals surface area contributed by atoms with Crippen molar-refractivity contribution >= 4 is 5.96 Å². The zero-order valence-electron chi connectivity index (χ0n) is 8.96. The summed E-state index contributed by atoms with van der Waals surface area (Å²) in [5, 5.41) is 5.95. The average molecular weight is 191 g/mol. The average Bonchev–Trinajstić information content (AvgIpc) is 2.19. The number of guanidine groups is 1. The van der Waals surface area contributed by atoms with Crippen LogP contribution in [0, 0.1) is 6.92 Å². The molecule has 0 fully saturated rings. The highest BCUT2D eigenvalue weighted by molar-refractivity contribution is 5.79. The van der Waals surface area contributed by atoms with Crippen LogP contribution in [0.15, 0.2) is 29.3 Å². The Balaban J connectivity index is 2.65. The van der Waals surface area contributed by atoms with Gasteiger partial charge in [-0.25, -0.2) is 4.99 Å². The fourth-order valence-electron chi connectivity index (χ4n) is 1.26. The van der Waals surface area contributed by atoms with Gasteiger partial charge in [0.05, 0.1) is 6.54 Å². The number of rotatable bonds is 2. The summed E-state index contributed by atoms with van der Waals surface area (Å²) in [7, 11) is 3.71. The summed E-state index contributed by atoms with van der Waals surface area (Å²) in [6, 6.07) is 8.37. The van der Waals surface area contributed by atoms with Gasteiger partial charge in [0, 0.05) is 14.1 Å². The van der Waals surface area contributed by atoms with E-state index in [2.05, 4.69) is 46.8 Å². The zero-order chi connectivity index (χ0) is 10.4. The highest BCUT2D eigenvalue weighted by atomic mass is 15.1. The summed E-state index contributed by atoms with van der Waals surface area (Å²) in [6.45, 7) is 2.79. The molecule has 0 bridgehead atoms. The molecule has 0 spiro atoms. The first kappa shape index (κ1) is 10.6. The van der Waals surface area contributed by atoms with Crippen molar-refractivity contribution in [2.45, 2.75) is 13.5 Å². The van der Waals surface area contributed by atoms with Crippen LogP contribution in [0.25, 0.3) is 0 Å². The van der Waals surface area contributed by atoms with E-state index in [-0.39, 0.29) is 0 Å². The van der Waals surface area contributed by atoms with Crippen LogP contribution >= 0.6 is 0 Å². The predicted molar refractivity (Wildman–Crippen MR) is 60.4 cm³/mol. The van der Waals surface area contributed by atoms with E-state index in [0.717, 1.165) is 5.96 Å². The van der Waals surface area contributed by atoms with Gasteiger partial charge >= 0.3 is 0 Å². The van der Waals surface area contributed by atoms with Gasteiger partial charge < -0.3 is 10.6 Å². The van der Waals surface area contributed by atoms with Crippen molar-refractivity contribution in [1.29, 1.82) is 0 Å². The van der Waals surface area contributed by atoms with Gasteiger partial charge in [-0.05, 0) is 12.5 Å². The second kappa shape index (κ2) is 5.27. The molecule has 0 atom stereocenters. The second-order valence-corrected chi connectivity index (χ2v) is 3.15. The van der Waals surface area contributed by atoms with Gasteiger partial charge in [-0.3, -0.25) is 0 Å². The lowest BCUT2D eigenvalue weighted by Crippen LogP contribution is -2.31. The summed E-state index contributed by atoms with van der Waals surface area (Å²) >= 11 is 0. The third-order valence-corrected chi connectivity index (χ3v) is 1.98. The zero-order valence-corrected chi connectivity index (χ0v) is 8.96. The van der Waals surface area contributed by atoms with E-state index >= 15 is 0 Å². The Morgan fingerprint density at radius 2 is 2.00 bits per heavy atom. The lowest BCUT2D eigenvalue weighted by Gasteiger charge is -2.04. The third-order valence-electron chi connectivity index (χ3n) is 1.98. The highest BCUT2D eigenvalue weighted by Gasteiger charge is 1.93. The number of hydrogen-bond acceptors (Lipinski definition) is 1. The van der Waals surface area contributed by atoms with Crippen molar-refractivity contribution in [3.63, 3.8) is 0 Å². The van der Waals surface area contributed by atoms with Crippen LogP contribution < -0.4 is 10.6 Å². The first-order valence-electron chi connectivity index (χ1n) is 4.71. The van der Waals surface area contributed by atoms with Gasteiger partial charge in [0.15, 0.2) is 5.96 Å². The molecule has 1 aromatic carbocycles. The third kappa shape index (κ3) is 3.09. The van der Waals surface area contributed by atoms with E-state index in [1.807, 2.05) is 14.1 Å². The van der Waals surface area contributed by atoms with Crippen molar-refractivity contribution in [2.75, 3.05) is 14.1 Å². The van der Waals surface area contributed by atoms with Crippen LogP contribution in [0.1, 0.15) is 11.1 Å². The van der Waals surface area contributed by atoms with E-state index in [9.17, 15) is 0 Å². The summed E-state index contributed by atoms with van der Waals surface area (Å²) < 4.78 is 0. The highest BCUT2D eigenvalue weighted by Crippen LogP contribution is 2.04. The van der Waals surface area contributed by atoms with E-state index in [4.69, 9.17) is 0 Å². The molecule has 1 rings (SSSR count). The van der Waals surface area contributed by atoms with Crippen LogP contribution in [-0.4, -0.2) is 20.1 Å². The lowest BCUT2D eigenvalue weighted by molar-refractivity contribution is 0.954. The molecule has 0 aliphatic rings. The van der Waals surface area contributed by atoms with Crippen LogP contribution in [0.2, 0.25) is 0 Å². The quantitative estimate of drug-likeness (QED) is 0.546. The first-order chi connectivity index (χ1) is 6.76. The van der Waals surface area contributed by atoms with Crippen molar-refractivity contribution in [2.24, 2.45) is 4.99 Å². The van der Waals surface area contributed by atoms with Crippen molar-refractivity contribution in [3.8, 4) is 0 Å². The normalized spacial score (nSPS) is 9.36. The minimum atomic E-state index is 0.707. The molecule has 3 heteroatoms. The lowest BCUT2D eigenvalue weighted by atomic mass is 10.1. The number of hydrogen-bond donors (Lipinski definition) is 2. The van der Waals surface area contributed by atoms with E-state index in [0.29, 0.717) is 6.54 Å². The minimum absolute atomic E-state index is 0.707. The molecule has 0 aliphatic carbocycles. The molecule has 0 radical (unpaired) electrons. The van der Waals surface area contributed by atoms with E-state index in [1.165, 1.54) is 11.1 Å². The van der Waals surface area contributed by atoms with Gasteiger partial charge in [-0.1, -0.05) is 29.8 Å². The van der Waals surface area contributed by atoms with Gasteiger partial charge in [-0.2, -0.15) is 0 Å². The van der Waals surface area contributed by atoms with E-state index < -0.39 is 0 Å². The molecule has 0 unspecified atom stereocenters. The number of aryl methyl sites for hydroxylation is 1. The molecule has 0 heterocycles. The Bertz CT molecular complexity index is 312. The molecular formula is C11H17N3. The molecule has 2 N–H and O–H groups in total. The van der Waals surface area contributed by atoms with Crippen LogP contribution in [0.3, 0.4) is 0 Å². The molecule has 14 heavy (non-hydrogen) atoms. The van der Waals surface area contributed by atoms with Crippen LogP contribution in [0.4, 0.5) is 0 Å². The second-order valence-electron chi connectivity index (χ2n) is 3.15. The number of nitrogens with one attached hydrogen (secondary N) is 2. The molecule has 0 amide bonds. The van der Waals surface area contributed by atoms with E-state index in [1.54, 1.807) is 0 Å². The summed E-state index contributed by atoms with van der Waals surface area (Å²) in [4.78, 5) is 4.37. The van der Waals surface area contributed by atoms with Crippen LogP contribution in [-0.2, 0) is 6.54 Å². The number of nitrogens with zero attached hydrogens (tertiary/aromatic N) is 1. The monoisotopic (exact) mass is 191 g/mol. The van der Waals surface area contributed by atoms with Gasteiger partial charge in [0.25, 0.3) is 0 Å². The fourth-order valence-corrected chi connectivity index (χ4v) is 1.26. The summed E-state index contributed by atoms with van der Waals surface area (Å²) in [5.74, 6) is 0.812. The topological polar surface area (TPSA) is 36.4 Å². The van der Waals surface area contributed by atoms with Crippen molar-refractivity contribution in [1.82, 2.24) is 10.6 Å².